The lowest BCUT2D eigenvalue weighted by Crippen LogP contribution is -2.43. The molecular formula is C31H42O10. The fourth-order valence-corrected chi connectivity index (χ4v) is 7.53. The number of hydrogen-bond donors (Lipinski definition) is 0. The van der Waals surface area contributed by atoms with Gasteiger partial charge in [-0.3, -0.25) is 19.2 Å². The predicted molar refractivity (Wildman–Crippen MR) is 145 cm³/mol. The lowest BCUT2D eigenvalue weighted by atomic mass is 9.80. The van der Waals surface area contributed by atoms with E-state index in [1.165, 1.54) is 20.8 Å². The molecule has 10 nitrogen and oxygen atoms in total. The van der Waals surface area contributed by atoms with Crippen molar-refractivity contribution in [3.8, 4) is 0 Å². The number of Topliss-reactive ketones (excluding diaryl/α,β-unsaturated/α-hetero) is 1. The maximum Gasteiger partial charge on any atom is 0.333 e. The lowest BCUT2D eigenvalue weighted by Gasteiger charge is -2.30. The van der Waals surface area contributed by atoms with Crippen LogP contribution in [0.25, 0.3) is 0 Å². The van der Waals surface area contributed by atoms with E-state index in [1.54, 1.807) is 39.8 Å². The summed E-state index contributed by atoms with van der Waals surface area (Å²) in [7, 11) is 0. The normalized spacial score (nSPS) is 42.1. The van der Waals surface area contributed by atoms with Crippen molar-refractivity contribution in [1.82, 2.24) is 0 Å². The van der Waals surface area contributed by atoms with Gasteiger partial charge in [0.1, 0.15) is 18.3 Å². The molecule has 4 rings (SSSR count). The number of ketones is 1. The maximum absolute atomic E-state index is 14.5. The van der Waals surface area contributed by atoms with E-state index in [0.29, 0.717) is 11.1 Å². The fraction of sp³-hybridized carbons (Fsp3) is 0.710. The average molecular weight is 575 g/mol. The zero-order valence-corrected chi connectivity index (χ0v) is 25.6. The second-order valence-corrected chi connectivity index (χ2v) is 12.8. The summed E-state index contributed by atoms with van der Waals surface area (Å²) in [5, 5.41) is 0. The maximum atomic E-state index is 14.5. The Morgan fingerprint density at radius 1 is 0.902 bits per heavy atom. The Balaban J connectivity index is 1.94. The van der Waals surface area contributed by atoms with Crippen LogP contribution in [0.4, 0.5) is 0 Å². The van der Waals surface area contributed by atoms with Crippen molar-refractivity contribution in [3.05, 3.63) is 23.3 Å². The van der Waals surface area contributed by atoms with Crippen molar-refractivity contribution in [3.63, 3.8) is 0 Å². The molecule has 1 heterocycles. The molecule has 1 aliphatic heterocycles. The van der Waals surface area contributed by atoms with Gasteiger partial charge < -0.3 is 23.7 Å². The summed E-state index contributed by atoms with van der Waals surface area (Å²) in [6.07, 6.45) is 0.000346. The molecule has 0 bridgehead atoms. The summed E-state index contributed by atoms with van der Waals surface area (Å²) in [5.41, 5.74) is -2.31. The van der Waals surface area contributed by atoms with E-state index in [2.05, 4.69) is 0 Å². The number of epoxide rings is 1. The Bertz CT molecular complexity index is 1230. The minimum Gasteiger partial charge on any atom is -0.459 e. The molecule has 3 fully saturated rings. The molecule has 1 saturated heterocycles. The average Bonchev–Trinajstić information content (AvgIpc) is 3.66. The molecule has 4 aliphatic rings. The van der Waals surface area contributed by atoms with Crippen LogP contribution in [0.3, 0.4) is 0 Å². The molecule has 0 amide bonds. The molecule has 0 aromatic heterocycles. The molecule has 226 valence electrons. The van der Waals surface area contributed by atoms with E-state index >= 15 is 0 Å². The van der Waals surface area contributed by atoms with Gasteiger partial charge in [0.15, 0.2) is 23.1 Å². The van der Waals surface area contributed by atoms with Crippen molar-refractivity contribution in [2.75, 3.05) is 0 Å². The number of allylic oxidation sites excluding steroid dienone is 1. The summed E-state index contributed by atoms with van der Waals surface area (Å²) < 4.78 is 29.8. The van der Waals surface area contributed by atoms with Gasteiger partial charge in [-0.25, -0.2) is 4.79 Å². The highest BCUT2D eigenvalue weighted by atomic mass is 16.7. The van der Waals surface area contributed by atoms with Crippen molar-refractivity contribution in [2.45, 2.75) is 111 Å². The number of esters is 4. The van der Waals surface area contributed by atoms with Crippen LogP contribution < -0.4 is 0 Å². The summed E-state index contributed by atoms with van der Waals surface area (Å²) in [6, 6.07) is 0. The Morgan fingerprint density at radius 3 is 2.00 bits per heavy atom. The van der Waals surface area contributed by atoms with Gasteiger partial charge in [0.25, 0.3) is 0 Å². The second-order valence-electron chi connectivity index (χ2n) is 12.8. The fourth-order valence-electron chi connectivity index (χ4n) is 7.53. The highest BCUT2D eigenvalue weighted by Gasteiger charge is 2.84. The van der Waals surface area contributed by atoms with E-state index in [9.17, 15) is 24.0 Å². The molecule has 0 aromatic carbocycles. The summed E-state index contributed by atoms with van der Waals surface area (Å²) in [6.45, 7) is 16.5. The monoisotopic (exact) mass is 574 g/mol. The van der Waals surface area contributed by atoms with Crippen LogP contribution in [0.5, 0.6) is 0 Å². The number of rotatable bonds is 5. The number of fused-ring (bicyclic) bond motifs is 1. The van der Waals surface area contributed by atoms with Crippen LogP contribution in [0.2, 0.25) is 0 Å². The highest BCUT2D eigenvalue weighted by molar-refractivity contribution is 5.96. The molecule has 0 N–H and O–H groups in total. The van der Waals surface area contributed by atoms with Gasteiger partial charge in [0, 0.05) is 38.2 Å². The first-order chi connectivity index (χ1) is 18.9. The third-order valence-corrected chi connectivity index (χ3v) is 9.57. The summed E-state index contributed by atoms with van der Waals surface area (Å²) >= 11 is 0. The molecule has 0 aromatic rings. The zero-order valence-electron chi connectivity index (χ0n) is 25.6. The molecule has 10 heteroatoms. The molecular weight excluding hydrogens is 532 g/mol. The number of ether oxygens (including phenoxy) is 5. The molecule has 2 saturated carbocycles. The van der Waals surface area contributed by atoms with Crippen LogP contribution in [-0.4, -0.2) is 65.3 Å². The van der Waals surface area contributed by atoms with Gasteiger partial charge in [-0.2, -0.15) is 0 Å². The second kappa shape index (κ2) is 10.4. The Hall–Kier alpha value is -3.01. The standard InChI is InChI=1S/C31H42O10/c1-11-14(2)28(36)40-24-17(5)26(35)30-13-16(4)27(39-20(8)34)31(30,41-30)12-15(3)23(37-18(6)32)25(38-19(7)33)22-21(24)29(22,9)10/h11-12,16-17,21-25,27H,13H2,1-10H3/b14-11-,15-12-/t16-,17-,21-,22+,23-,24+,25+,27-,30-,31-/m0/s1. The van der Waals surface area contributed by atoms with E-state index < -0.39 is 82.7 Å². The van der Waals surface area contributed by atoms with Gasteiger partial charge >= 0.3 is 23.9 Å². The highest BCUT2D eigenvalue weighted by Crippen LogP contribution is 2.69. The van der Waals surface area contributed by atoms with Gasteiger partial charge in [0.2, 0.25) is 0 Å². The van der Waals surface area contributed by atoms with Crippen LogP contribution in [0.1, 0.15) is 75.7 Å². The first-order valence-corrected chi connectivity index (χ1v) is 14.2. The summed E-state index contributed by atoms with van der Waals surface area (Å²) in [5.74, 6) is -4.34. The third kappa shape index (κ3) is 4.91. The smallest absolute Gasteiger partial charge is 0.333 e. The first-order valence-electron chi connectivity index (χ1n) is 14.2. The largest absolute Gasteiger partial charge is 0.459 e. The van der Waals surface area contributed by atoms with Crippen molar-refractivity contribution < 1.29 is 47.7 Å². The minimum absolute atomic E-state index is 0.233. The Morgan fingerprint density at radius 2 is 1.46 bits per heavy atom. The van der Waals surface area contributed by atoms with Crippen LogP contribution in [0, 0.1) is 29.1 Å². The number of carbonyl (C=O) groups is 5. The van der Waals surface area contributed by atoms with E-state index in [4.69, 9.17) is 23.7 Å². The lowest BCUT2D eigenvalue weighted by molar-refractivity contribution is -0.166. The van der Waals surface area contributed by atoms with Gasteiger partial charge in [0.05, 0.1) is 5.92 Å². The van der Waals surface area contributed by atoms with Gasteiger partial charge in [-0.05, 0) is 50.2 Å². The molecule has 0 unspecified atom stereocenters. The molecule has 3 aliphatic carbocycles. The van der Waals surface area contributed by atoms with E-state index in [1.807, 2.05) is 20.8 Å². The van der Waals surface area contributed by atoms with Crippen molar-refractivity contribution >= 4 is 29.7 Å². The molecule has 0 spiro atoms. The number of carbonyl (C=O) groups excluding carboxylic acids is 5. The topological polar surface area (TPSA) is 135 Å². The summed E-state index contributed by atoms with van der Waals surface area (Å²) in [4.78, 5) is 64.5. The Labute approximate surface area is 241 Å². The quantitative estimate of drug-likeness (QED) is 0.157. The van der Waals surface area contributed by atoms with Crippen LogP contribution in [0.15, 0.2) is 23.3 Å². The van der Waals surface area contributed by atoms with E-state index in [0.717, 1.165) is 0 Å². The molecule has 41 heavy (non-hydrogen) atoms. The van der Waals surface area contributed by atoms with Crippen molar-refractivity contribution in [1.29, 1.82) is 0 Å². The van der Waals surface area contributed by atoms with Crippen molar-refractivity contribution in [2.24, 2.45) is 29.1 Å². The molecule has 0 radical (unpaired) electrons. The van der Waals surface area contributed by atoms with Crippen LogP contribution >= 0.6 is 0 Å². The SMILES string of the molecule is C/C=C(/C)C(=O)O[C@H]1[C@@H]2[C@H]([C@@H](OC(C)=O)[C@@H](OC(C)=O)/C(C)=C\[C@@]34O[C@@]3(C[C@H](C)[C@@H]4OC(C)=O)C(=O)[C@H]1C)C2(C)C. The molecule has 10 atom stereocenters. The minimum atomic E-state index is -1.33. The first kappa shape index (κ1) is 30.9. The third-order valence-electron chi connectivity index (χ3n) is 9.57. The predicted octanol–water partition coefficient (Wildman–Crippen LogP) is 3.64. The van der Waals surface area contributed by atoms with Crippen LogP contribution in [-0.2, 0) is 47.7 Å². The zero-order chi connectivity index (χ0) is 30.8. The van der Waals surface area contributed by atoms with Gasteiger partial charge in [-0.1, -0.05) is 33.8 Å². The Kier molecular flexibility index (Phi) is 7.82. The van der Waals surface area contributed by atoms with Gasteiger partial charge in [-0.15, -0.1) is 0 Å². The van der Waals surface area contributed by atoms with E-state index in [-0.39, 0.29) is 18.1 Å². The number of hydrogen-bond acceptors (Lipinski definition) is 10.